The van der Waals surface area contributed by atoms with Crippen LogP contribution in [0, 0.1) is 62.6 Å². The Morgan fingerprint density at radius 1 is 1.03 bits per heavy atom. The average Bonchev–Trinajstić information content (AvgIpc) is 3.12. The number of nitriles is 1. The van der Waals surface area contributed by atoms with Crippen molar-refractivity contribution in [2.24, 2.45) is 57.0 Å². The van der Waals surface area contributed by atoms with Gasteiger partial charge in [-0.25, -0.2) is 0 Å². The average molecular weight is 493 g/mol. The second kappa shape index (κ2) is 9.14. The summed E-state index contributed by atoms with van der Waals surface area (Å²) in [4.78, 5) is 25.9. The fourth-order valence-electron chi connectivity index (χ4n) is 9.93. The monoisotopic (exact) mass is 492 g/mol. The van der Waals surface area contributed by atoms with Gasteiger partial charge < -0.3 is 5.73 Å². The first kappa shape index (κ1) is 27.2. The number of hydrogen-bond acceptors (Lipinski definition) is 3. The van der Waals surface area contributed by atoms with Crippen LogP contribution in [0.3, 0.4) is 0 Å². The van der Waals surface area contributed by atoms with E-state index in [0.29, 0.717) is 29.2 Å². The van der Waals surface area contributed by atoms with Crippen LogP contribution in [0.25, 0.3) is 0 Å². The Morgan fingerprint density at radius 3 is 2.31 bits per heavy atom. The zero-order valence-corrected chi connectivity index (χ0v) is 23.6. The zero-order chi connectivity index (χ0) is 26.7. The first-order valence-electron chi connectivity index (χ1n) is 14.4. The van der Waals surface area contributed by atoms with Crippen LogP contribution in [0.5, 0.6) is 0 Å². The van der Waals surface area contributed by atoms with Crippen LogP contribution in [0.15, 0.2) is 23.8 Å². The van der Waals surface area contributed by atoms with Crippen molar-refractivity contribution in [1.29, 1.82) is 5.26 Å². The number of primary amides is 1. The summed E-state index contributed by atoms with van der Waals surface area (Å²) in [5, 5.41) is 9.88. The van der Waals surface area contributed by atoms with Crippen LogP contribution < -0.4 is 5.73 Å². The van der Waals surface area contributed by atoms with Gasteiger partial charge in [0.05, 0.1) is 11.0 Å². The number of fused-ring (bicyclic) bond motifs is 4. The molecular weight excluding hydrogens is 444 g/mol. The second-order valence-electron chi connectivity index (χ2n) is 14.1. The van der Waals surface area contributed by atoms with Crippen molar-refractivity contribution in [2.45, 2.75) is 106 Å². The molecule has 0 heterocycles. The van der Waals surface area contributed by atoms with Gasteiger partial charge in [-0.05, 0) is 105 Å². The lowest BCUT2D eigenvalue weighted by atomic mass is 9.40. The van der Waals surface area contributed by atoms with E-state index in [1.807, 2.05) is 13.8 Å². The summed E-state index contributed by atoms with van der Waals surface area (Å²) in [6.07, 6.45) is 12.6. The first-order valence-corrected chi connectivity index (χ1v) is 14.4. The van der Waals surface area contributed by atoms with Crippen molar-refractivity contribution in [2.75, 3.05) is 0 Å². The molecule has 0 bridgehead atoms. The highest BCUT2D eigenvalue weighted by Gasteiger charge is 2.65. The maximum Gasteiger partial charge on any atom is 0.223 e. The van der Waals surface area contributed by atoms with Gasteiger partial charge >= 0.3 is 0 Å². The van der Waals surface area contributed by atoms with Gasteiger partial charge in [-0.1, -0.05) is 59.3 Å². The van der Waals surface area contributed by atoms with Gasteiger partial charge in [0.15, 0.2) is 5.78 Å². The highest BCUT2D eigenvalue weighted by molar-refractivity contribution is 6.00. The number of allylic oxidation sites excluding steroid dienone is 3. The molecule has 0 aromatic rings. The molecule has 0 aromatic carbocycles. The fourth-order valence-corrected chi connectivity index (χ4v) is 9.93. The van der Waals surface area contributed by atoms with Crippen molar-refractivity contribution in [3.05, 3.63) is 23.8 Å². The van der Waals surface area contributed by atoms with Gasteiger partial charge in [-0.2, -0.15) is 5.26 Å². The van der Waals surface area contributed by atoms with Crippen molar-refractivity contribution in [1.82, 2.24) is 0 Å². The first-order chi connectivity index (χ1) is 16.8. The van der Waals surface area contributed by atoms with E-state index in [1.165, 1.54) is 12.0 Å². The van der Waals surface area contributed by atoms with Crippen molar-refractivity contribution < 1.29 is 9.59 Å². The Bertz CT molecular complexity index is 1020. The predicted molar refractivity (Wildman–Crippen MR) is 144 cm³/mol. The number of rotatable bonds is 5. The van der Waals surface area contributed by atoms with E-state index in [-0.39, 0.29) is 33.9 Å². The quantitative estimate of drug-likeness (QED) is 0.251. The number of Topliss-reactive ketones (excluding diaryl/α,β-unsaturated/α-hetero) is 1. The van der Waals surface area contributed by atoms with Crippen molar-refractivity contribution >= 4 is 11.7 Å². The van der Waals surface area contributed by atoms with Gasteiger partial charge in [0, 0.05) is 5.92 Å². The Balaban J connectivity index is 1.74. The molecule has 36 heavy (non-hydrogen) atoms. The maximum atomic E-state index is 13.0. The number of nitrogens with zero attached hydrogens (tertiary/aromatic N) is 1. The normalized spacial score (nSPS) is 44.6. The third kappa shape index (κ3) is 3.83. The van der Waals surface area contributed by atoms with E-state index in [9.17, 15) is 14.9 Å². The summed E-state index contributed by atoms with van der Waals surface area (Å²) in [5.74, 6) is 1.38. The molecule has 4 nitrogen and oxygen atoms in total. The molecule has 0 spiro atoms. The van der Waals surface area contributed by atoms with Gasteiger partial charge in [0.2, 0.25) is 5.91 Å². The maximum absolute atomic E-state index is 13.0. The van der Waals surface area contributed by atoms with Gasteiger partial charge in [0.1, 0.15) is 6.07 Å². The lowest BCUT2D eigenvalue weighted by molar-refractivity contribution is -0.149. The van der Waals surface area contributed by atoms with Gasteiger partial charge in [-0.15, -0.1) is 0 Å². The topological polar surface area (TPSA) is 83.9 Å². The van der Waals surface area contributed by atoms with Crippen LogP contribution in [0.1, 0.15) is 106 Å². The molecule has 0 aromatic heterocycles. The molecule has 4 rings (SSSR count). The minimum Gasteiger partial charge on any atom is -0.369 e. The summed E-state index contributed by atoms with van der Waals surface area (Å²) in [6.45, 7) is 17.5. The van der Waals surface area contributed by atoms with E-state index < -0.39 is 5.41 Å². The summed E-state index contributed by atoms with van der Waals surface area (Å²) < 4.78 is 0. The number of nitrogens with two attached hydrogens (primary N) is 1. The summed E-state index contributed by atoms with van der Waals surface area (Å²) in [5.41, 5.74) is 7.39. The SMILES string of the molecule is C=C(C)[C@@H]1CC[C@]2(C(N)=O)CC[C@]3(C)[C@@H](CC[C@@H]4[C@@](C)(/C=C(/C#N)C(=O)C(C)C)CCC[C@]43C)C[C@@H]12. The van der Waals surface area contributed by atoms with Crippen LogP contribution in [-0.4, -0.2) is 11.7 Å². The van der Waals surface area contributed by atoms with Crippen LogP contribution >= 0.6 is 0 Å². The highest BCUT2D eigenvalue weighted by atomic mass is 16.1. The molecule has 4 aliphatic carbocycles. The zero-order valence-electron chi connectivity index (χ0n) is 23.6. The van der Waals surface area contributed by atoms with Crippen LogP contribution in [-0.2, 0) is 9.59 Å². The van der Waals surface area contributed by atoms with Crippen LogP contribution in [0.2, 0.25) is 0 Å². The Labute approximate surface area is 219 Å². The fraction of sp³-hybridized carbons (Fsp3) is 0.781. The summed E-state index contributed by atoms with van der Waals surface area (Å²) in [7, 11) is 0. The Morgan fingerprint density at radius 2 is 1.72 bits per heavy atom. The Kier molecular flexibility index (Phi) is 6.89. The smallest absolute Gasteiger partial charge is 0.223 e. The van der Waals surface area contributed by atoms with E-state index in [0.717, 1.165) is 57.8 Å². The molecule has 0 radical (unpaired) electrons. The van der Waals surface area contributed by atoms with Crippen molar-refractivity contribution in [3.63, 3.8) is 0 Å². The molecule has 8 atom stereocenters. The highest BCUT2D eigenvalue weighted by Crippen LogP contribution is 2.72. The lowest BCUT2D eigenvalue weighted by Crippen LogP contribution is -2.57. The Hall–Kier alpha value is -1.89. The molecule has 4 saturated carbocycles. The second-order valence-corrected chi connectivity index (χ2v) is 14.1. The van der Waals surface area contributed by atoms with Gasteiger partial charge in [0.25, 0.3) is 0 Å². The lowest BCUT2D eigenvalue weighted by Gasteiger charge is -2.65. The minimum atomic E-state index is -0.397. The molecule has 198 valence electrons. The van der Waals surface area contributed by atoms with Crippen molar-refractivity contribution in [3.8, 4) is 6.07 Å². The molecular formula is C32H48N2O2. The van der Waals surface area contributed by atoms with E-state index in [4.69, 9.17) is 5.73 Å². The number of hydrogen-bond donors (Lipinski definition) is 1. The molecule has 0 saturated heterocycles. The van der Waals surface area contributed by atoms with Gasteiger partial charge in [-0.3, -0.25) is 9.59 Å². The summed E-state index contributed by atoms with van der Waals surface area (Å²) in [6, 6.07) is 2.25. The molecule has 4 aliphatic rings. The number of carbonyl (C=O) groups excluding carboxylic acids is 2. The molecule has 1 amide bonds. The molecule has 4 fully saturated rings. The molecule has 0 aliphatic heterocycles. The number of amides is 1. The third-order valence-electron chi connectivity index (χ3n) is 12.2. The number of ketones is 1. The predicted octanol–water partition coefficient (Wildman–Crippen LogP) is 7.15. The molecule has 2 N–H and O–H groups in total. The largest absolute Gasteiger partial charge is 0.369 e. The standard InChI is InChI=1S/C32H48N2O2/c1-20(2)24-11-14-32(28(34)36)16-15-30(6)23(17-25(24)32)9-10-26-29(5,12-8-13-31(26,30)7)18-22(19-33)27(35)21(3)4/h18,21,23-26H,1,8-17H2,2-7H3,(H2,34,36)/b22-18-/t23-,24-,25-,26+,29+,30+,31+,32-/m0/s1. The summed E-state index contributed by atoms with van der Waals surface area (Å²) >= 11 is 0. The minimum absolute atomic E-state index is 0.0394. The molecule has 0 unspecified atom stereocenters. The van der Waals surface area contributed by atoms with E-state index in [2.05, 4.69) is 46.4 Å². The van der Waals surface area contributed by atoms with E-state index >= 15 is 0 Å². The third-order valence-corrected chi connectivity index (χ3v) is 12.2. The molecule has 4 heteroatoms. The van der Waals surface area contributed by atoms with E-state index in [1.54, 1.807) is 0 Å². The number of carbonyl (C=O) groups is 2. The van der Waals surface area contributed by atoms with Crippen LogP contribution in [0.4, 0.5) is 0 Å².